The van der Waals surface area contributed by atoms with Gasteiger partial charge < -0.3 is 30.9 Å². The van der Waals surface area contributed by atoms with Crippen LogP contribution in [0.1, 0.15) is 23.5 Å². The van der Waals surface area contributed by atoms with Crippen LogP contribution in [-0.4, -0.2) is 66.4 Å². The highest BCUT2D eigenvalue weighted by Gasteiger charge is 2.29. The second-order valence-corrected chi connectivity index (χ2v) is 7.43. The fraction of sp³-hybridized carbons (Fsp3) is 0.304. The third-order valence-corrected chi connectivity index (χ3v) is 5.23. The second-order valence-electron chi connectivity index (χ2n) is 7.43. The van der Waals surface area contributed by atoms with Gasteiger partial charge in [-0.2, -0.15) is 0 Å². The molecule has 0 spiro atoms. The van der Waals surface area contributed by atoms with Crippen LogP contribution in [0.4, 0.5) is 4.79 Å². The van der Waals surface area contributed by atoms with Crippen molar-refractivity contribution in [3.8, 4) is 11.1 Å². The van der Waals surface area contributed by atoms with Gasteiger partial charge in [0.2, 0.25) is 11.8 Å². The number of aliphatic hydroxyl groups excluding tert-OH is 1. The van der Waals surface area contributed by atoms with E-state index in [1.807, 2.05) is 48.5 Å². The van der Waals surface area contributed by atoms with E-state index in [1.165, 1.54) is 0 Å². The predicted molar refractivity (Wildman–Crippen MR) is 117 cm³/mol. The van der Waals surface area contributed by atoms with Crippen LogP contribution < -0.4 is 16.0 Å². The number of aliphatic hydroxyl groups is 1. The van der Waals surface area contributed by atoms with Gasteiger partial charge in [-0.3, -0.25) is 9.59 Å². The maximum atomic E-state index is 12.1. The second kappa shape index (κ2) is 11.1. The third kappa shape index (κ3) is 6.07. The van der Waals surface area contributed by atoms with Crippen LogP contribution in [0.25, 0.3) is 11.1 Å². The van der Waals surface area contributed by atoms with Crippen molar-refractivity contribution in [3.63, 3.8) is 0 Å². The molecule has 1 aliphatic carbocycles. The minimum atomic E-state index is -1.29. The zero-order chi connectivity index (χ0) is 23.8. The summed E-state index contributed by atoms with van der Waals surface area (Å²) in [4.78, 5) is 46.6. The van der Waals surface area contributed by atoms with Crippen LogP contribution in [0.15, 0.2) is 48.5 Å². The highest BCUT2D eigenvalue weighted by atomic mass is 16.5. The molecular formula is C23H25N3O7. The Hall–Kier alpha value is -3.92. The minimum Gasteiger partial charge on any atom is -0.480 e. The molecule has 10 nitrogen and oxygen atoms in total. The number of nitrogens with one attached hydrogen (secondary N) is 3. The van der Waals surface area contributed by atoms with Crippen molar-refractivity contribution in [2.75, 3.05) is 26.3 Å². The standard InChI is InChI=1S/C23H25N3O7/c27-10-9-19(22(30)31)26-21(29)12-24-20(28)11-25-23(32)33-13-18-16-7-3-1-5-14(16)15-6-2-4-8-17(15)18/h1-8,18-19,27H,9-13H2,(H,24,28)(H,25,32)(H,26,29)(H,30,31)/t19-/m0/s1. The number of carboxylic acid groups (broad SMARTS) is 1. The number of rotatable bonds is 10. The van der Waals surface area contributed by atoms with Crippen LogP contribution in [0.5, 0.6) is 0 Å². The molecule has 0 bridgehead atoms. The minimum absolute atomic E-state index is 0.102. The van der Waals surface area contributed by atoms with E-state index in [2.05, 4.69) is 16.0 Å². The van der Waals surface area contributed by atoms with E-state index in [-0.39, 0.29) is 18.9 Å². The summed E-state index contributed by atoms with van der Waals surface area (Å²) in [6.45, 7) is -1.19. The Bertz CT molecular complexity index is 995. The van der Waals surface area contributed by atoms with Crippen molar-refractivity contribution >= 4 is 23.9 Å². The molecule has 5 N–H and O–H groups in total. The summed E-state index contributed by atoms with van der Waals surface area (Å²) in [5.41, 5.74) is 4.33. The molecule has 0 aromatic heterocycles. The molecule has 33 heavy (non-hydrogen) atoms. The molecule has 2 aromatic rings. The number of fused-ring (bicyclic) bond motifs is 3. The maximum Gasteiger partial charge on any atom is 0.407 e. The Kier molecular flexibility index (Phi) is 7.98. The Morgan fingerprint density at radius 2 is 1.45 bits per heavy atom. The first kappa shape index (κ1) is 23.7. The van der Waals surface area contributed by atoms with E-state index in [1.54, 1.807) is 0 Å². The average molecular weight is 455 g/mol. The summed E-state index contributed by atoms with van der Waals surface area (Å²) in [7, 11) is 0. The molecule has 0 unspecified atom stereocenters. The smallest absolute Gasteiger partial charge is 0.407 e. The fourth-order valence-electron chi connectivity index (χ4n) is 3.68. The number of benzene rings is 2. The summed E-state index contributed by atoms with van der Waals surface area (Å²) >= 11 is 0. The zero-order valence-corrected chi connectivity index (χ0v) is 17.7. The monoisotopic (exact) mass is 455 g/mol. The van der Waals surface area contributed by atoms with Crippen LogP contribution in [0, 0.1) is 0 Å². The van der Waals surface area contributed by atoms with Crippen molar-refractivity contribution < 1.29 is 34.1 Å². The molecule has 10 heteroatoms. The normalized spacial score (nSPS) is 12.8. The topological polar surface area (TPSA) is 154 Å². The van der Waals surface area contributed by atoms with Gasteiger partial charge in [0.15, 0.2) is 0 Å². The van der Waals surface area contributed by atoms with Gasteiger partial charge in [-0.15, -0.1) is 0 Å². The third-order valence-electron chi connectivity index (χ3n) is 5.23. The summed E-state index contributed by atoms with van der Waals surface area (Å²) in [6, 6.07) is 14.6. The Labute approximate surface area is 189 Å². The molecule has 1 atom stereocenters. The van der Waals surface area contributed by atoms with Gasteiger partial charge in [0.05, 0.1) is 6.54 Å². The predicted octanol–water partition coefficient (Wildman–Crippen LogP) is 0.593. The summed E-state index contributed by atoms with van der Waals surface area (Å²) in [6.07, 6.45) is -0.927. The number of amides is 3. The van der Waals surface area contributed by atoms with Gasteiger partial charge in [-0.05, 0) is 22.3 Å². The number of hydrogen-bond acceptors (Lipinski definition) is 6. The number of alkyl carbamates (subject to hydrolysis) is 1. The first-order chi connectivity index (χ1) is 15.9. The van der Waals surface area contributed by atoms with E-state index in [4.69, 9.17) is 14.9 Å². The van der Waals surface area contributed by atoms with Gasteiger partial charge in [0.1, 0.15) is 19.2 Å². The number of carbonyl (C=O) groups excluding carboxylic acids is 3. The van der Waals surface area contributed by atoms with E-state index >= 15 is 0 Å². The van der Waals surface area contributed by atoms with Crippen molar-refractivity contribution in [1.82, 2.24) is 16.0 Å². The largest absolute Gasteiger partial charge is 0.480 e. The summed E-state index contributed by atoms with van der Waals surface area (Å²) in [5.74, 6) is -2.78. The molecule has 3 amide bonds. The Morgan fingerprint density at radius 1 is 0.879 bits per heavy atom. The van der Waals surface area contributed by atoms with E-state index in [9.17, 15) is 19.2 Å². The quantitative estimate of drug-likeness (QED) is 0.351. The van der Waals surface area contributed by atoms with Crippen LogP contribution in [0.3, 0.4) is 0 Å². The number of aliphatic carboxylic acids is 1. The highest BCUT2D eigenvalue weighted by molar-refractivity contribution is 5.89. The SMILES string of the molecule is O=C(CNC(=O)OCC1c2ccccc2-c2ccccc21)NCC(=O)N[C@@H](CCO)C(=O)O. The van der Waals surface area contributed by atoms with Gasteiger partial charge in [-0.1, -0.05) is 48.5 Å². The molecule has 0 fully saturated rings. The van der Waals surface area contributed by atoms with E-state index in [0.717, 1.165) is 22.3 Å². The summed E-state index contributed by atoms with van der Waals surface area (Å²) < 4.78 is 5.32. The zero-order valence-electron chi connectivity index (χ0n) is 17.7. The lowest BCUT2D eigenvalue weighted by Gasteiger charge is -2.15. The number of carboxylic acids is 1. The fourth-order valence-corrected chi connectivity index (χ4v) is 3.68. The molecule has 0 heterocycles. The molecule has 1 aliphatic rings. The molecule has 2 aromatic carbocycles. The molecule has 0 saturated heterocycles. The lowest BCUT2D eigenvalue weighted by Crippen LogP contribution is -2.47. The van der Waals surface area contributed by atoms with Crippen molar-refractivity contribution in [3.05, 3.63) is 59.7 Å². The molecule has 0 saturated carbocycles. The van der Waals surface area contributed by atoms with Crippen LogP contribution in [-0.2, 0) is 19.1 Å². The van der Waals surface area contributed by atoms with E-state index in [0.29, 0.717) is 0 Å². The van der Waals surface area contributed by atoms with Crippen molar-refractivity contribution in [2.45, 2.75) is 18.4 Å². The number of hydrogen-bond donors (Lipinski definition) is 5. The van der Waals surface area contributed by atoms with Gasteiger partial charge in [-0.25, -0.2) is 9.59 Å². The van der Waals surface area contributed by atoms with Gasteiger partial charge >= 0.3 is 12.1 Å². The summed E-state index contributed by atoms with van der Waals surface area (Å²) in [5, 5.41) is 24.5. The Morgan fingerprint density at radius 3 is 2.03 bits per heavy atom. The van der Waals surface area contributed by atoms with Gasteiger partial charge in [0.25, 0.3) is 0 Å². The molecular weight excluding hydrogens is 430 g/mol. The number of ether oxygens (including phenoxy) is 1. The molecule has 174 valence electrons. The van der Waals surface area contributed by atoms with Crippen molar-refractivity contribution in [2.24, 2.45) is 0 Å². The van der Waals surface area contributed by atoms with Crippen molar-refractivity contribution in [1.29, 1.82) is 0 Å². The maximum absolute atomic E-state index is 12.1. The average Bonchev–Trinajstić information content (AvgIpc) is 3.13. The lowest BCUT2D eigenvalue weighted by atomic mass is 9.98. The molecule has 0 radical (unpaired) electrons. The van der Waals surface area contributed by atoms with Crippen LogP contribution >= 0.6 is 0 Å². The van der Waals surface area contributed by atoms with E-state index < -0.39 is 49.6 Å². The number of carbonyl (C=O) groups is 4. The molecule has 0 aliphatic heterocycles. The van der Waals surface area contributed by atoms with Crippen LogP contribution in [0.2, 0.25) is 0 Å². The first-order valence-electron chi connectivity index (χ1n) is 10.4. The Balaban J connectivity index is 1.42. The molecule has 3 rings (SSSR count). The highest BCUT2D eigenvalue weighted by Crippen LogP contribution is 2.44. The van der Waals surface area contributed by atoms with Gasteiger partial charge in [0, 0.05) is 18.9 Å². The first-order valence-corrected chi connectivity index (χ1v) is 10.4. The lowest BCUT2D eigenvalue weighted by molar-refractivity contribution is -0.142.